The van der Waals surface area contributed by atoms with Gasteiger partial charge in [-0.1, -0.05) is 0 Å². The molecule has 2 aromatic rings. The van der Waals surface area contributed by atoms with Gasteiger partial charge in [-0.2, -0.15) is 0 Å². The number of nitrogens with one attached hydrogen (secondary N) is 1. The Kier molecular flexibility index (Phi) is 0.858. The molecule has 0 fully saturated rings. The average molecular weight is 134 g/mol. The Morgan fingerprint density at radius 1 is 1.40 bits per heavy atom. The fraction of sp³-hybridized carbons (Fsp3) is 0. The lowest BCUT2D eigenvalue weighted by atomic mass is 10.6. The van der Waals surface area contributed by atoms with Crippen LogP contribution < -0.4 is 5.84 Å². The van der Waals surface area contributed by atoms with Crippen LogP contribution in [0.2, 0.25) is 0 Å². The second-order valence-electron chi connectivity index (χ2n) is 1.85. The van der Waals surface area contributed by atoms with Gasteiger partial charge in [0.25, 0.3) is 0 Å². The highest BCUT2D eigenvalue weighted by Gasteiger charge is 1.98. The van der Waals surface area contributed by atoms with Gasteiger partial charge in [0.05, 0.1) is 6.20 Å². The van der Waals surface area contributed by atoms with Gasteiger partial charge in [-0.05, 0) is 0 Å². The highest BCUT2D eigenvalue weighted by atomic mass is 15.3. The van der Waals surface area contributed by atoms with Crippen LogP contribution in [0.4, 0.5) is 0 Å². The zero-order valence-corrected chi connectivity index (χ0v) is 5.02. The largest absolute Gasteiger partial charge is 0.242 e. The molecule has 49 valence electrons. The predicted molar refractivity (Wildman–Crippen MR) is 33.8 cm³/mol. The molecule has 2 rings (SSSR count). The Balaban J connectivity index is 2.93. The van der Waals surface area contributed by atoms with E-state index in [1.54, 1.807) is 6.20 Å². The van der Waals surface area contributed by atoms with Gasteiger partial charge in [0.1, 0.15) is 18.2 Å². The molecule has 0 spiro atoms. The number of rotatable bonds is 0. The molecule has 0 aliphatic carbocycles. The number of fused-ring (bicyclic) bond motifs is 1. The van der Waals surface area contributed by atoms with E-state index < -0.39 is 0 Å². The molecule has 0 saturated heterocycles. The first-order chi connectivity index (χ1) is 4.88. The van der Waals surface area contributed by atoms with Gasteiger partial charge in [0, 0.05) is 0 Å². The second-order valence-corrected chi connectivity index (χ2v) is 1.85. The molecule has 10 heavy (non-hydrogen) atoms. The third-order valence-corrected chi connectivity index (χ3v) is 1.21. The average Bonchev–Trinajstić information content (AvgIpc) is 2.34. The van der Waals surface area contributed by atoms with Crippen LogP contribution in [0, 0.1) is 0 Å². The molecule has 0 aliphatic rings. The van der Waals surface area contributed by atoms with Crippen molar-refractivity contribution in [2.45, 2.75) is 0 Å². The molecule has 1 N–H and O–H groups in total. The maximum absolute atomic E-state index is 7.21. The standard InChI is InChI=1S/C5H4N5/c6-10-3-9-4-1-7-2-8-5(4)10/h1-3,6H. The molecule has 1 radical (unpaired) electrons. The summed E-state index contributed by atoms with van der Waals surface area (Å²) in [5.41, 5.74) is 1.19. The molecular weight excluding hydrogens is 130 g/mol. The molecule has 0 amide bonds. The molecule has 0 bridgehead atoms. The van der Waals surface area contributed by atoms with Crippen molar-refractivity contribution in [1.82, 2.24) is 25.5 Å². The van der Waals surface area contributed by atoms with Gasteiger partial charge in [-0.3, -0.25) is 0 Å². The maximum Gasteiger partial charge on any atom is 0.183 e. The van der Waals surface area contributed by atoms with Crippen LogP contribution in [0.5, 0.6) is 0 Å². The van der Waals surface area contributed by atoms with Crippen molar-refractivity contribution in [2.75, 3.05) is 0 Å². The number of hydrogen-bond donors (Lipinski definition) is 0. The smallest absolute Gasteiger partial charge is 0.183 e. The van der Waals surface area contributed by atoms with Crippen LogP contribution in [0.15, 0.2) is 18.9 Å². The fourth-order valence-corrected chi connectivity index (χ4v) is 0.767. The predicted octanol–water partition coefficient (Wildman–Crippen LogP) is -0.128. The summed E-state index contributed by atoms with van der Waals surface area (Å²) in [5.74, 6) is 7.21. The number of aromatic nitrogens is 4. The highest BCUT2D eigenvalue weighted by Crippen LogP contribution is 2.02. The SMILES string of the molecule is [NH]n1cnc2cncnc21. The molecule has 0 aromatic carbocycles. The summed E-state index contributed by atoms with van der Waals surface area (Å²) in [4.78, 5) is 11.5. The van der Waals surface area contributed by atoms with E-state index in [0.29, 0.717) is 11.2 Å². The zero-order chi connectivity index (χ0) is 6.97. The van der Waals surface area contributed by atoms with E-state index in [2.05, 4.69) is 15.0 Å². The minimum absolute atomic E-state index is 0.537. The molecule has 0 saturated carbocycles. The van der Waals surface area contributed by atoms with Crippen molar-refractivity contribution < 1.29 is 0 Å². The maximum atomic E-state index is 7.21. The minimum atomic E-state index is 0.537. The Morgan fingerprint density at radius 2 is 2.30 bits per heavy atom. The van der Waals surface area contributed by atoms with Crippen LogP contribution in [-0.4, -0.2) is 19.6 Å². The van der Waals surface area contributed by atoms with Gasteiger partial charge in [-0.15, -0.1) is 0 Å². The van der Waals surface area contributed by atoms with E-state index >= 15 is 0 Å². The first-order valence-electron chi connectivity index (χ1n) is 2.72. The molecule has 0 unspecified atom stereocenters. The van der Waals surface area contributed by atoms with Gasteiger partial charge in [0.15, 0.2) is 5.65 Å². The molecule has 5 nitrogen and oxygen atoms in total. The number of imidazole rings is 1. The molecule has 2 aromatic heterocycles. The Morgan fingerprint density at radius 3 is 3.10 bits per heavy atom. The van der Waals surface area contributed by atoms with E-state index in [4.69, 9.17) is 5.84 Å². The molecule has 0 atom stereocenters. The van der Waals surface area contributed by atoms with Crippen molar-refractivity contribution in [3.05, 3.63) is 18.9 Å². The van der Waals surface area contributed by atoms with E-state index in [1.807, 2.05) is 0 Å². The summed E-state index contributed by atoms with van der Waals surface area (Å²) in [7, 11) is 0. The Labute approximate surface area is 56.5 Å². The Bertz CT molecular complexity index is 352. The third-order valence-electron chi connectivity index (χ3n) is 1.21. The van der Waals surface area contributed by atoms with E-state index in [-0.39, 0.29) is 0 Å². The lowest BCUT2D eigenvalue weighted by molar-refractivity contribution is 0.853. The van der Waals surface area contributed by atoms with Gasteiger partial charge in [0.2, 0.25) is 0 Å². The summed E-state index contributed by atoms with van der Waals surface area (Å²) in [6.45, 7) is 0. The zero-order valence-electron chi connectivity index (χ0n) is 5.02. The molecule has 0 aliphatic heterocycles. The summed E-state index contributed by atoms with van der Waals surface area (Å²) >= 11 is 0. The van der Waals surface area contributed by atoms with Crippen LogP contribution in [0.1, 0.15) is 0 Å². The second kappa shape index (κ2) is 1.66. The van der Waals surface area contributed by atoms with Crippen molar-refractivity contribution >= 4 is 11.2 Å². The summed E-state index contributed by atoms with van der Waals surface area (Å²) < 4.78 is 1.11. The van der Waals surface area contributed by atoms with Crippen molar-refractivity contribution in [1.29, 1.82) is 0 Å². The van der Waals surface area contributed by atoms with Crippen LogP contribution in [-0.2, 0) is 0 Å². The third kappa shape index (κ3) is 0.540. The number of hydrogen-bond acceptors (Lipinski definition) is 3. The normalized spacial score (nSPS) is 10.4. The molecule has 5 heteroatoms. The number of nitrogens with zero attached hydrogens (tertiary/aromatic N) is 4. The lowest BCUT2D eigenvalue weighted by Crippen LogP contribution is -1.91. The summed E-state index contributed by atoms with van der Waals surface area (Å²) in [6.07, 6.45) is 4.36. The van der Waals surface area contributed by atoms with E-state index in [9.17, 15) is 0 Å². The van der Waals surface area contributed by atoms with Crippen LogP contribution >= 0.6 is 0 Å². The lowest BCUT2D eigenvalue weighted by Gasteiger charge is -1.86. The summed E-state index contributed by atoms with van der Waals surface area (Å²) in [5, 5.41) is 0. The monoisotopic (exact) mass is 134 g/mol. The highest BCUT2D eigenvalue weighted by molar-refractivity contribution is 5.68. The first kappa shape index (κ1) is 5.16. The van der Waals surface area contributed by atoms with Gasteiger partial charge in [-0.25, -0.2) is 25.5 Å². The van der Waals surface area contributed by atoms with E-state index in [1.165, 1.54) is 12.7 Å². The van der Waals surface area contributed by atoms with Crippen molar-refractivity contribution in [3.8, 4) is 0 Å². The molecular formula is C5H4N5. The molecule has 2 heterocycles. The van der Waals surface area contributed by atoms with Crippen LogP contribution in [0.25, 0.3) is 11.2 Å². The van der Waals surface area contributed by atoms with Crippen molar-refractivity contribution in [3.63, 3.8) is 0 Å². The minimum Gasteiger partial charge on any atom is -0.242 e. The summed E-state index contributed by atoms with van der Waals surface area (Å²) in [6, 6.07) is 0. The fourth-order valence-electron chi connectivity index (χ4n) is 0.767. The topological polar surface area (TPSA) is 67.4 Å². The van der Waals surface area contributed by atoms with Gasteiger partial charge >= 0.3 is 0 Å². The van der Waals surface area contributed by atoms with Gasteiger partial charge < -0.3 is 0 Å². The quantitative estimate of drug-likeness (QED) is 0.504. The first-order valence-corrected chi connectivity index (χ1v) is 2.72. The van der Waals surface area contributed by atoms with E-state index in [0.717, 1.165) is 4.68 Å². The van der Waals surface area contributed by atoms with Crippen molar-refractivity contribution in [2.24, 2.45) is 0 Å². The Hall–Kier alpha value is -1.65. The van der Waals surface area contributed by atoms with Crippen LogP contribution in [0.3, 0.4) is 0 Å².